The molecule has 0 bridgehead atoms. The van der Waals surface area contributed by atoms with Crippen LogP contribution in [0.1, 0.15) is 20.3 Å². The molecule has 1 saturated heterocycles. The van der Waals surface area contributed by atoms with Crippen molar-refractivity contribution in [3.05, 3.63) is 0 Å². The predicted octanol–water partition coefficient (Wildman–Crippen LogP) is 0.852. The molecular weight excluding hydrogens is 196 g/mol. The van der Waals surface area contributed by atoms with Crippen molar-refractivity contribution in [3.63, 3.8) is 0 Å². The van der Waals surface area contributed by atoms with E-state index in [9.17, 15) is 4.79 Å². The highest BCUT2D eigenvalue weighted by Gasteiger charge is 2.28. The SMILES string of the molecule is CSCC(=O)NC1C(C)CCNC1C. The molecule has 3 atom stereocenters. The van der Waals surface area contributed by atoms with Gasteiger partial charge in [-0.1, -0.05) is 6.92 Å². The van der Waals surface area contributed by atoms with E-state index >= 15 is 0 Å². The summed E-state index contributed by atoms with van der Waals surface area (Å²) in [6.45, 7) is 5.41. The molecule has 1 fully saturated rings. The van der Waals surface area contributed by atoms with Crippen molar-refractivity contribution >= 4 is 17.7 Å². The fourth-order valence-corrected chi connectivity index (χ4v) is 2.31. The molecule has 3 nitrogen and oxygen atoms in total. The van der Waals surface area contributed by atoms with Crippen molar-refractivity contribution in [1.29, 1.82) is 0 Å². The van der Waals surface area contributed by atoms with E-state index < -0.39 is 0 Å². The molecule has 14 heavy (non-hydrogen) atoms. The number of amides is 1. The van der Waals surface area contributed by atoms with Gasteiger partial charge in [-0.3, -0.25) is 4.79 Å². The van der Waals surface area contributed by atoms with Crippen LogP contribution in [0.4, 0.5) is 0 Å². The number of hydrogen-bond donors (Lipinski definition) is 2. The van der Waals surface area contributed by atoms with E-state index in [2.05, 4.69) is 24.5 Å². The molecule has 0 aromatic heterocycles. The number of rotatable bonds is 3. The van der Waals surface area contributed by atoms with Gasteiger partial charge >= 0.3 is 0 Å². The number of carbonyl (C=O) groups excluding carboxylic acids is 1. The molecule has 3 unspecified atom stereocenters. The molecule has 4 heteroatoms. The summed E-state index contributed by atoms with van der Waals surface area (Å²) in [5.41, 5.74) is 0. The molecule has 1 amide bonds. The maximum absolute atomic E-state index is 11.4. The van der Waals surface area contributed by atoms with Crippen molar-refractivity contribution in [2.45, 2.75) is 32.4 Å². The van der Waals surface area contributed by atoms with Gasteiger partial charge in [0, 0.05) is 12.1 Å². The molecule has 2 N–H and O–H groups in total. The molecule has 0 spiro atoms. The van der Waals surface area contributed by atoms with E-state index in [1.807, 2.05) is 6.26 Å². The Labute approximate surface area is 90.4 Å². The molecule has 0 aromatic rings. The van der Waals surface area contributed by atoms with Gasteiger partial charge in [-0.25, -0.2) is 0 Å². The summed E-state index contributed by atoms with van der Waals surface area (Å²) in [7, 11) is 0. The highest BCUT2D eigenvalue weighted by atomic mass is 32.2. The van der Waals surface area contributed by atoms with Crippen molar-refractivity contribution < 1.29 is 4.79 Å². The van der Waals surface area contributed by atoms with Crippen molar-refractivity contribution in [2.75, 3.05) is 18.6 Å². The van der Waals surface area contributed by atoms with E-state index in [-0.39, 0.29) is 5.91 Å². The first-order valence-electron chi connectivity index (χ1n) is 5.17. The Bertz CT molecular complexity index is 189. The van der Waals surface area contributed by atoms with Crippen molar-refractivity contribution in [1.82, 2.24) is 10.6 Å². The fourth-order valence-electron chi connectivity index (χ4n) is 1.96. The van der Waals surface area contributed by atoms with Crippen LogP contribution in [0.2, 0.25) is 0 Å². The molecule has 0 aromatic carbocycles. The quantitative estimate of drug-likeness (QED) is 0.735. The van der Waals surface area contributed by atoms with Gasteiger partial charge in [0.2, 0.25) is 5.91 Å². The second kappa shape index (κ2) is 5.61. The van der Waals surface area contributed by atoms with Gasteiger partial charge in [0.05, 0.1) is 5.75 Å². The fraction of sp³-hybridized carbons (Fsp3) is 0.900. The molecule has 1 rings (SSSR count). The summed E-state index contributed by atoms with van der Waals surface area (Å²) >= 11 is 1.57. The van der Waals surface area contributed by atoms with Crippen molar-refractivity contribution in [2.24, 2.45) is 5.92 Å². The van der Waals surface area contributed by atoms with Gasteiger partial charge in [-0.2, -0.15) is 11.8 Å². The third-order valence-corrected chi connectivity index (χ3v) is 3.37. The van der Waals surface area contributed by atoms with Gasteiger partial charge in [0.15, 0.2) is 0 Å². The van der Waals surface area contributed by atoms with E-state index in [0.29, 0.717) is 23.8 Å². The van der Waals surface area contributed by atoms with Crippen LogP contribution in [-0.2, 0) is 4.79 Å². The first-order valence-corrected chi connectivity index (χ1v) is 6.56. The van der Waals surface area contributed by atoms with Crippen LogP contribution in [0.5, 0.6) is 0 Å². The van der Waals surface area contributed by atoms with E-state index in [1.54, 1.807) is 11.8 Å². The molecule has 1 aliphatic heterocycles. The minimum atomic E-state index is 0.157. The molecule has 0 saturated carbocycles. The molecule has 82 valence electrons. The Balaban J connectivity index is 2.43. The number of hydrogen-bond acceptors (Lipinski definition) is 3. The summed E-state index contributed by atoms with van der Waals surface area (Å²) in [6, 6.07) is 0.688. The lowest BCUT2D eigenvalue weighted by molar-refractivity contribution is -0.120. The zero-order chi connectivity index (χ0) is 10.6. The van der Waals surface area contributed by atoms with Crippen LogP contribution in [0.3, 0.4) is 0 Å². The maximum atomic E-state index is 11.4. The Morgan fingerprint density at radius 3 is 2.86 bits per heavy atom. The van der Waals surface area contributed by atoms with Gasteiger partial charge in [-0.05, 0) is 32.1 Å². The van der Waals surface area contributed by atoms with Crippen LogP contribution in [0, 0.1) is 5.92 Å². The van der Waals surface area contributed by atoms with Gasteiger partial charge < -0.3 is 10.6 Å². The highest BCUT2D eigenvalue weighted by Crippen LogP contribution is 2.16. The Morgan fingerprint density at radius 2 is 2.29 bits per heavy atom. The van der Waals surface area contributed by atoms with E-state index in [1.165, 1.54) is 0 Å². The minimum Gasteiger partial charge on any atom is -0.351 e. The number of piperidine rings is 1. The average Bonchev–Trinajstić information content (AvgIpc) is 2.12. The van der Waals surface area contributed by atoms with Crippen LogP contribution < -0.4 is 10.6 Å². The lowest BCUT2D eigenvalue weighted by atomic mass is 9.89. The van der Waals surface area contributed by atoms with Crippen LogP contribution in [-0.4, -0.2) is 36.5 Å². The lowest BCUT2D eigenvalue weighted by Gasteiger charge is -2.35. The van der Waals surface area contributed by atoms with E-state index in [4.69, 9.17) is 0 Å². The monoisotopic (exact) mass is 216 g/mol. The Hall–Kier alpha value is -0.220. The predicted molar refractivity (Wildman–Crippen MR) is 61.6 cm³/mol. The zero-order valence-electron chi connectivity index (χ0n) is 9.17. The third-order valence-electron chi connectivity index (χ3n) is 2.82. The van der Waals surface area contributed by atoms with Gasteiger partial charge in [0.25, 0.3) is 0 Å². The molecule has 0 radical (unpaired) electrons. The average molecular weight is 216 g/mol. The zero-order valence-corrected chi connectivity index (χ0v) is 9.99. The third kappa shape index (κ3) is 3.17. The van der Waals surface area contributed by atoms with Crippen LogP contribution >= 0.6 is 11.8 Å². The van der Waals surface area contributed by atoms with Gasteiger partial charge in [-0.15, -0.1) is 0 Å². The number of carbonyl (C=O) groups is 1. The van der Waals surface area contributed by atoms with Gasteiger partial charge in [0.1, 0.15) is 0 Å². The summed E-state index contributed by atoms with van der Waals surface area (Å²) in [5.74, 6) is 1.30. The summed E-state index contributed by atoms with van der Waals surface area (Å²) in [5, 5.41) is 6.49. The van der Waals surface area contributed by atoms with E-state index in [0.717, 1.165) is 13.0 Å². The largest absolute Gasteiger partial charge is 0.351 e. The first kappa shape index (κ1) is 11.9. The highest BCUT2D eigenvalue weighted by molar-refractivity contribution is 7.99. The standard InChI is InChI=1S/C10H20N2OS/c1-7-4-5-11-8(2)10(7)12-9(13)6-14-3/h7-8,10-11H,4-6H2,1-3H3,(H,12,13). The molecule has 0 aliphatic carbocycles. The normalized spacial score (nSPS) is 32.6. The molecule has 1 heterocycles. The molecule has 1 aliphatic rings. The molecular formula is C10H20N2OS. The van der Waals surface area contributed by atoms with Crippen LogP contribution in [0.15, 0.2) is 0 Å². The minimum absolute atomic E-state index is 0.157. The second-order valence-electron chi connectivity index (χ2n) is 4.04. The number of thioether (sulfide) groups is 1. The second-order valence-corrected chi connectivity index (χ2v) is 4.90. The Morgan fingerprint density at radius 1 is 1.57 bits per heavy atom. The lowest BCUT2D eigenvalue weighted by Crippen LogP contribution is -2.56. The summed E-state index contributed by atoms with van der Waals surface area (Å²) < 4.78 is 0. The first-order chi connectivity index (χ1) is 6.65. The van der Waals surface area contributed by atoms with Crippen molar-refractivity contribution in [3.8, 4) is 0 Å². The summed E-state index contributed by atoms with van der Waals surface area (Å²) in [6.07, 6.45) is 3.10. The Kier molecular flexibility index (Phi) is 4.75. The summed E-state index contributed by atoms with van der Waals surface area (Å²) in [4.78, 5) is 11.4. The van der Waals surface area contributed by atoms with Crippen LogP contribution in [0.25, 0.3) is 0 Å². The smallest absolute Gasteiger partial charge is 0.230 e. The maximum Gasteiger partial charge on any atom is 0.230 e. The number of nitrogens with one attached hydrogen (secondary N) is 2. The topological polar surface area (TPSA) is 41.1 Å².